The number of rotatable bonds is 6. The van der Waals surface area contributed by atoms with Crippen LogP contribution in [0.1, 0.15) is 30.9 Å². The van der Waals surface area contributed by atoms with Gasteiger partial charge in [-0.2, -0.15) is 0 Å². The summed E-state index contributed by atoms with van der Waals surface area (Å²) in [5, 5.41) is 5.77. The maximum Gasteiger partial charge on any atom is 0.313 e. The number of amides is 3. The van der Waals surface area contributed by atoms with Crippen molar-refractivity contribution in [1.82, 2.24) is 5.32 Å². The van der Waals surface area contributed by atoms with Crippen molar-refractivity contribution in [3.63, 3.8) is 0 Å². The molecule has 1 aliphatic heterocycles. The molecule has 1 heterocycles. The molecule has 1 atom stereocenters. The summed E-state index contributed by atoms with van der Waals surface area (Å²) in [4.78, 5) is 38.6. The Morgan fingerprint density at radius 3 is 2.61 bits per heavy atom. The Hall–Kier alpha value is -2.90. The van der Waals surface area contributed by atoms with Gasteiger partial charge in [0.15, 0.2) is 0 Å². The first kappa shape index (κ1) is 22.8. The van der Waals surface area contributed by atoms with Crippen molar-refractivity contribution in [1.29, 1.82) is 0 Å². The highest BCUT2D eigenvalue weighted by atomic mass is 35.5. The van der Waals surface area contributed by atoms with E-state index < -0.39 is 17.4 Å². The van der Waals surface area contributed by atoms with Gasteiger partial charge in [0.05, 0.1) is 6.54 Å². The summed E-state index contributed by atoms with van der Waals surface area (Å²) >= 11 is 6.06. The lowest BCUT2D eigenvalue weighted by molar-refractivity contribution is -0.137. The molecule has 2 N–H and O–H groups in total. The summed E-state index contributed by atoms with van der Waals surface area (Å²) < 4.78 is 5.58. The van der Waals surface area contributed by atoms with Gasteiger partial charge in [0.25, 0.3) is 0 Å². The van der Waals surface area contributed by atoms with Gasteiger partial charge in [-0.1, -0.05) is 29.8 Å². The van der Waals surface area contributed by atoms with Crippen LogP contribution in [0.5, 0.6) is 0 Å². The van der Waals surface area contributed by atoms with Crippen LogP contribution in [0.25, 0.3) is 0 Å². The summed E-state index contributed by atoms with van der Waals surface area (Å²) in [5.74, 6) is -1.53. The number of aryl methyl sites for hydroxylation is 1. The molecule has 2 aromatic carbocycles. The van der Waals surface area contributed by atoms with Crippen LogP contribution in [0.3, 0.4) is 0 Å². The molecular weight excluding hydrogens is 418 g/mol. The van der Waals surface area contributed by atoms with Crippen molar-refractivity contribution in [3.05, 3.63) is 58.6 Å². The molecule has 0 radical (unpaired) electrons. The quantitative estimate of drug-likeness (QED) is 0.670. The largest absolute Gasteiger partial charge is 0.372 e. The van der Waals surface area contributed by atoms with Gasteiger partial charge >= 0.3 is 11.8 Å². The van der Waals surface area contributed by atoms with E-state index in [0.29, 0.717) is 23.7 Å². The predicted molar refractivity (Wildman–Crippen MR) is 120 cm³/mol. The zero-order chi connectivity index (χ0) is 22.6. The number of hydrogen-bond donors (Lipinski definition) is 2. The normalized spacial score (nSPS) is 15.5. The second kappa shape index (κ2) is 9.49. The molecular formula is C23H26ClN3O4. The average Bonchev–Trinajstić information content (AvgIpc) is 3.18. The molecule has 7 nitrogen and oxygen atoms in total. The maximum atomic E-state index is 12.4. The number of ether oxygens (including phenoxy) is 1. The van der Waals surface area contributed by atoms with Crippen LogP contribution in [-0.4, -0.2) is 37.9 Å². The number of carbonyl (C=O) groups is 3. The Morgan fingerprint density at radius 2 is 1.97 bits per heavy atom. The lowest BCUT2D eigenvalue weighted by atomic mass is 9.95. The highest BCUT2D eigenvalue weighted by Crippen LogP contribution is 2.28. The number of halogens is 1. The molecule has 3 amide bonds. The summed E-state index contributed by atoms with van der Waals surface area (Å²) in [7, 11) is 1.53. The van der Waals surface area contributed by atoms with E-state index in [4.69, 9.17) is 16.3 Å². The van der Waals surface area contributed by atoms with Crippen LogP contribution in [0.2, 0.25) is 5.02 Å². The van der Waals surface area contributed by atoms with E-state index in [2.05, 4.69) is 10.6 Å². The average molecular weight is 444 g/mol. The number of nitrogens with zero attached hydrogens (tertiary/aromatic N) is 1. The Bertz CT molecular complexity index is 1010. The van der Waals surface area contributed by atoms with Crippen LogP contribution in [0, 0.1) is 6.92 Å². The second-order valence-corrected chi connectivity index (χ2v) is 8.17. The van der Waals surface area contributed by atoms with Gasteiger partial charge in [0, 0.05) is 36.5 Å². The first-order chi connectivity index (χ1) is 14.7. The SMILES string of the molecule is CO[C@@](C)(CNC(=O)C(=O)Nc1ccc(C)c(N2CCCC2=O)c1)c1cccc(Cl)c1. The van der Waals surface area contributed by atoms with Gasteiger partial charge in [-0.25, -0.2) is 0 Å². The van der Waals surface area contributed by atoms with Crippen molar-refractivity contribution in [2.75, 3.05) is 30.4 Å². The van der Waals surface area contributed by atoms with Gasteiger partial charge in [-0.15, -0.1) is 0 Å². The molecule has 31 heavy (non-hydrogen) atoms. The molecule has 0 aliphatic carbocycles. The van der Waals surface area contributed by atoms with E-state index in [1.54, 1.807) is 42.2 Å². The number of carbonyl (C=O) groups excluding carboxylic acids is 3. The van der Waals surface area contributed by atoms with Gasteiger partial charge in [0.2, 0.25) is 5.91 Å². The Labute approximate surface area is 186 Å². The lowest BCUT2D eigenvalue weighted by Crippen LogP contribution is -2.44. The standard InChI is InChI=1S/C23H26ClN3O4/c1-15-9-10-18(13-19(15)27-11-5-8-20(27)28)26-22(30)21(29)25-14-23(2,31-3)16-6-4-7-17(24)12-16/h4,6-7,9-10,12-13H,5,8,11,14H2,1-3H3,(H,25,29)(H,26,30)/t23-/m0/s1. The van der Waals surface area contributed by atoms with Crippen LogP contribution in [0.4, 0.5) is 11.4 Å². The zero-order valence-electron chi connectivity index (χ0n) is 17.8. The molecule has 1 fully saturated rings. The molecule has 0 spiro atoms. The Kier molecular flexibility index (Phi) is 6.97. The summed E-state index contributed by atoms with van der Waals surface area (Å²) in [6.07, 6.45) is 1.32. The smallest absolute Gasteiger partial charge is 0.313 e. The van der Waals surface area contributed by atoms with E-state index in [0.717, 1.165) is 23.2 Å². The summed E-state index contributed by atoms with van der Waals surface area (Å²) in [6, 6.07) is 12.4. The van der Waals surface area contributed by atoms with Gasteiger partial charge < -0.3 is 20.3 Å². The van der Waals surface area contributed by atoms with Crippen molar-refractivity contribution < 1.29 is 19.1 Å². The molecule has 0 unspecified atom stereocenters. The van der Waals surface area contributed by atoms with Crippen LogP contribution in [0.15, 0.2) is 42.5 Å². The number of nitrogens with one attached hydrogen (secondary N) is 2. The molecule has 3 rings (SSSR count). The third kappa shape index (κ3) is 5.24. The Morgan fingerprint density at radius 1 is 1.19 bits per heavy atom. The minimum absolute atomic E-state index is 0.0594. The molecule has 1 aliphatic rings. The number of benzene rings is 2. The van der Waals surface area contributed by atoms with E-state index >= 15 is 0 Å². The highest BCUT2D eigenvalue weighted by Gasteiger charge is 2.29. The fourth-order valence-corrected chi connectivity index (χ4v) is 3.70. The monoisotopic (exact) mass is 443 g/mol. The third-order valence-electron chi connectivity index (χ3n) is 5.51. The minimum atomic E-state index is -0.853. The topological polar surface area (TPSA) is 87.7 Å². The van der Waals surface area contributed by atoms with Gasteiger partial charge in [-0.3, -0.25) is 14.4 Å². The van der Waals surface area contributed by atoms with Crippen molar-refractivity contribution >= 4 is 40.7 Å². The van der Waals surface area contributed by atoms with Gasteiger partial charge in [-0.05, 0) is 55.7 Å². The van der Waals surface area contributed by atoms with Crippen molar-refractivity contribution in [2.24, 2.45) is 0 Å². The van der Waals surface area contributed by atoms with E-state index in [9.17, 15) is 14.4 Å². The third-order valence-corrected chi connectivity index (χ3v) is 5.74. The Balaban J connectivity index is 1.65. The predicted octanol–water partition coefficient (Wildman–Crippen LogP) is 3.39. The molecule has 2 aromatic rings. The highest BCUT2D eigenvalue weighted by molar-refractivity contribution is 6.39. The molecule has 8 heteroatoms. The zero-order valence-corrected chi connectivity index (χ0v) is 18.6. The van der Waals surface area contributed by atoms with E-state index in [1.807, 2.05) is 19.1 Å². The number of methoxy groups -OCH3 is 1. The van der Waals surface area contributed by atoms with E-state index in [1.165, 1.54) is 7.11 Å². The minimum Gasteiger partial charge on any atom is -0.372 e. The van der Waals surface area contributed by atoms with Crippen molar-refractivity contribution in [3.8, 4) is 0 Å². The fraction of sp³-hybridized carbons (Fsp3) is 0.348. The van der Waals surface area contributed by atoms with Crippen molar-refractivity contribution in [2.45, 2.75) is 32.3 Å². The summed E-state index contributed by atoms with van der Waals surface area (Å²) in [6.45, 7) is 4.44. The van der Waals surface area contributed by atoms with Crippen LogP contribution in [-0.2, 0) is 24.7 Å². The first-order valence-corrected chi connectivity index (χ1v) is 10.4. The second-order valence-electron chi connectivity index (χ2n) is 7.73. The van der Waals surface area contributed by atoms with E-state index in [-0.39, 0.29) is 12.5 Å². The first-order valence-electron chi connectivity index (χ1n) is 10.0. The summed E-state index contributed by atoms with van der Waals surface area (Å²) in [5.41, 5.74) is 2.05. The van der Waals surface area contributed by atoms with Gasteiger partial charge in [0.1, 0.15) is 5.60 Å². The fourth-order valence-electron chi connectivity index (χ4n) is 3.51. The number of hydrogen-bond acceptors (Lipinski definition) is 4. The molecule has 164 valence electrons. The molecule has 0 aromatic heterocycles. The molecule has 0 saturated carbocycles. The van der Waals surface area contributed by atoms with Crippen LogP contribution >= 0.6 is 11.6 Å². The molecule has 1 saturated heterocycles. The lowest BCUT2D eigenvalue weighted by Gasteiger charge is -2.29. The maximum absolute atomic E-state index is 12.4. The van der Waals surface area contributed by atoms with Crippen LogP contribution < -0.4 is 15.5 Å². The number of anilines is 2. The molecule has 0 bridgehead atoms.